The molecule has 1 aliphatic carbocycles. The molecule has 122 valence electrons. The maximum atomic E-state index is 11.6. The highest BCUT2D eigenvalue weighted by Crippen LogP contribution is 2.24. The van der Waals surface area contributed by atoms with E-state index in [1.54, 1.807) is 11.9 Å². The molecule has 0 saturated heterocycles. The summed E-state index contributed by atoms with van der Waals surface area (Å²) in [4.78, 5) is 13.2. The van der Waals surface area contributed by atoms with Crippen LogP contribution in [0.2, 0.25) is 0 Å². The fourth-order valence-corrected chi connectivity index (χ4v) is 2.31. The second-order valence-corrected chi connectivity index (χ2v) is 5.91. The maximum absolute atomic E-state index is 11.6. The minimum absolute atomic E-state index is 0.0356. The molecule has 0 heterocycles. The number of hydrogen-bond acceptors (Lipinski definition) is 4. The Kier molecular flexibility index (Phi) is 8.57. The molecule has 0 spiro atoms. The molecule has 3 unspecified atom stereocenters. The van der Waals surface area contributed by atoms with Gasteiger partial charge in [0.15, 0.2) is 0 Å². The van der Waals surface area contributed by atoms with Crippen LogP contribution in [-0.2, 0) is 9.53 Å². The fraction of sp³-hybridized carbons (Fsp3) is 0.812. The molecule has 0 aromatic rings. The number of nitrogens with zero attached hydrogens (tertiary/aromatic N) is 1. The van der Waals surface area contributed by atoms with E-state index >= 15 is 0 Å². The third-order valence-corrected chi connectivity index (χ3v) is 4.12. The predicted octanol–water partition coefficient (Wildman–Crippen LogP) is 1.03. The number of aliphatic hydroxyl groups is 1. The topological polar surface area (TPSA) is 61.8 Å². The number of likely N-dealkylation sites (N-methyl/N-ethyl adjacent to an activating group) is 1. The Morgan fingerprint density at radius 3 is 2.86 bits per heavy atom. The number of allylic oxidation sites excluding steroid dienone is 2. The molecule has 0 aromatic heterocycles. The zero-order valence-electron chi connectivity index (χ0n) is 13.5. The van der Waals surface area contributed by atoms with Crippen molar-refractivity contribution in [2.24, 2.45) is 11.8 Å². The largest absolute Gasteiger partial charge is 0.389 e. The van der Waals surface area contributed by atoms with Gasteiger partial charge in [-0.3, -0.25) is 4.79 Å². The van der Waals surface area contributed by atoms with Crippen molar-refractivity contribution >= 4 is 5.91 Å². The summed E-state index contributed by atoms with van der Waals surface area (Å²) in [5.41, 5.74) is 0. The van der Waals surface area contributed by atoms with Gasteiger partial charge in [-0.15, -0.1) is 0 Å². The average Bonchev–Trinajstić information content (AvgIpc) is 2.48. The van der Waals surface area contributed by atoms with Crippen molar-refractivity contribution in [2.75, 3.05) is 39.9 Å². The van der Waals surface area contributed by atoms with E-state index in [-0.39, 0.29) is 12.5 Å². The molecule has 5 heteroatoms. The van der Waals surface area contributed by atoms with Crippen LogP contribution in [0.15, 0.2) is 12.2 Å². The molecule has 0 aromatic carbocycles. The number of carbonyl (C=O) groups excluding carboxylic acids is 1. The summed E-state index contributed by atoms with van der Waals surface area (Å²) >= 11 is 0. The Bertz CT molecular complexity index is 333. The van der Waals surface area contributed by atoms with E-state index < -0.39 is 6.10 Å². The van der Waals surface area contributed by atoms with Gasteiger partial charge in [-0.25, -0.2) is 0 Å². The molecule has 2 N–H and O–H groups in total. The van der Waals surface area contributed by atoms with Crippen LogP contribution in [0.25, 0.3) is 0 Å². The molecular formula is C16H30N2O3. The second kappa shape index (κ2) is 9.92. The lowest BCUT2D eigenvalue weighted by Gasteiger charge is -2.25. The minimum Gasteiger partial charge on any atom is -0.389 e. The summed E-state index contributed by atoms with van der Waals surface area (Å²) in [7, 11) is 1.77. The van der Waals surface area contributed by atoms with Gasteiger partial charge in [0.2, 0.25) is 5.91 Å². The number of carbonyl (C=O) groups is 1. The van der Waals surface area contributed by atoms with E-state index in [0.29, 0.717) is 38.1 Å². The first-order valence-electron chi connectivity index (χ1n) is 7.90. The van der Waals surface area contributed by atoms with Gasteiger partial charge in [0, 0.05) is 20.1 Å². The van der Waals surface area contributed by atoms with E-state index in [0.717, 1.165) is 12.8 Å². The van der Waals surface area contributed by atoms with Gasteiger partial charge in [-0.05, 0) is 31.6 Å². The quantitative estimate of drug-likeness (QED) is 0.624. The van der Waals surface area contributed by atoms with Crippen LogP contribution in [-0.4, -0.2) is 61.9 Å². The van der Waals surface area contributed by atoms with Gasteiger partial charge >= 0.3 is 0 Å². The minimum atomic E-state index is -0.570. The first-order chi connectivity index (χ1) is 10.0. The molecule has 1 rings (SSSR count). The molecule has 3 atom stereocenters. The lowest BCUT2D eigenvalue weighted by atomic mass is 9.85. The van der Waals surface area contributed by atoms with Crippen LogP contribution in [0.5, 0.6) is 0 Å². The molecule has 21 heavy (non-hydrogen) atoms. The van der Waals surface area contributed by atoms with Crippen molar-refractivity contribution in [3.05, 3.63) is 12.2 Å². The molecule has 0 fully saturated rings. The molecule has 0 saturated carbocycles. The summed E-state index contributed by atoms with van der Waals surface area (Å²) in [6, 6.07) is 0. The van der Waals surface area contributed by atoms with Gasteiger partial charge in [0.05, 0.1) is 25.9 Å². The van der Waals surface area contributed by atoms with Crippen LogP contribution >= 0.6 is 0 Å². The van der Waals surface area contributed by atoms with Gasteiger partial charge in [0.1, 0.15) is 0 Å². The van der Waals surface area contributed by atoms with Crippen LogP contribution in [0, 0.1) is 11.8 Å². The fourth-order valence-electron chi connectivity index (χ4n) is 2.31. The van der Waals surface area contributed by atoms with Crippen molar-refractivity contribution in [1.29, 1.82) is 0 Å². The van der Waals surface area contributed by atoms with Crippen molar-refractivity contribution < 1.29 is 14.6 Å². The molecule has 0 radical (unpaired) electrons. The second-order valence-electron chi connectivity index (χ2n) is 5.91. The number of amides is 1. The Labute approximate surface area is 128 Å². The van der Waals surface area contributed by atoms with Crippen molar-refractivity contribution in [3.63, 3.8) is 0 Å². The lowest BCUT2D eigenvalue weighted by molar-refractivity contribution is -0.128. The molecule has 1 amide bonds. The summed E-state index contributed by atoms with van der Waals surface area (Å²) in [5, 5.41) is 12.8. The van der Waals surface area contributed by atoms with Crippen LogP contribution < -0.4 is 5.32 Å². The lowest BCUT2D eigenvalue weighted by Crippen LogP contribution is -2.39. The average molecular weight is 298 g/mol. The zero-order chi connectivity index (χ0) is 15.7. The van der Waals surface area contributed by atoms with E-state index in [2.05, 4.69) is 24.4 Å². The van der Waals surface area contributed by atoms with Gasteiger partial charge in [-0.1, -0.05) is 19.1 Å². The maximum Gasteiger partial charge on any atom is 0.236 e. The van der Waals surface area contributed by atoms with Crippen LogP contribution in [0.3, 0.4) is 0 Å². The molecule has 5 nitrogen and oxygen atoms in total. The monoisotopic (exact) mass is 298 g/mol. The van der Waals surface area contributed by atoms with E-state index in [1.807, 2.05) is 6.92 Å². The SMILES string of the molecule is CCN(C)C(=O)CNCC(O)COCC1CC=CCC1C. The van der Waals surface area contributed by atoms with E-state index in [9.17, 15) is 9.90 Å². The Morgan fingerprint density at radius 1 is 1.48 bits per heavy atom. The number of hydrogen-bond donors (Lipinski definition) is 2. The first kappa shape index (κ1) is 18.1. The molecule has 1 aliphatic rings. The first-order valence-corrected chi connectivity index (χ1v) is 7.90. The highest BCUT2D eigenvalue weighted by Gasteiger charge is 2.18. The smallest absolute Gasteiger partial charge is 0.236 e. The molecule has 0 bridgehead atoms. The molecule has 0 aliphatic heterocycles. The normalized spacial score (nSPS) is 23.0. The van der Waals surface area contributed by atoms with Crippen molar-refractivity contribution in [1.82, 2.24) is 10.2 Å². The van der Waals surface area contributed by atoms with Crippen LogP contribution in [0.1, 0.15) is 26.7 Å². The predicted molar refractivity (Wildman–Crippen MR) is 84.0 cm³/mol. The number of nitrogens with one attached hydrogen (secondary N) is 1. The summed E-state index contributed by atoms with van der Waals surface area (Å²) in [6.45, 7) is 6.51. The Hall–Kier alpha value is -0.910. The highest BCUT2D eigenvalue weighted by molar-refractivity contribution is 5.77. The van der Waals surface area contributed by atoms with Crippen molar-refractivity contribution in [2.45, 2.75) is 32.8 Å². The van der Waals surface area contributed by atoms with Gasteiger partial charge in [0.25, 0.3) is 0 Å². The Morgan fingerprint density at radius 2 is 2.19 bits per heavy atom. The standard InChI is InChI=1S/C16H30N2O3/c1-4-18(3)16(20)10-17-9-15(19)12-21-11-14-8-6-5-7-13(14)2/h5-6,13-15,17,19H,4,7-12H2,1-3H3. The number of aliphatic hydroxyl groups excluding tert-OH is 1. The van der Waals surface area contributed by atoms with Gasteiger partial charge in [-0.2, -0.15) is 0 Å². The van der Waals surface area contributed by atoms with E-state index in [4.69, 9.17) is 4.74 Å². The van der Waals surface area contributed by atoms with Gasteiger partial charge < -0.3 is 20.1 Å². The van der Waals surface area contributed by atoms with Crippen molar-refractivity contribution in [3.8, 4) is 0 Å². The van der Waals surface area contributed by atoms with Crippen LogP contribution in [0.4, 0.5) is 0 Å². The number of rotatable bonds is 9. The molecular weight excluding hydrogens is 268 g/mol. The zero-order valence-corrected chi connectivity index (χ0v) is 13.5. The summed E-state index contributed by atoms with van der Waals surface area (Å²) in [6.07, 6.45) is 6.05. The third kappa shape index (κ3) is 7.07. The van der Waals surface area contributed by atoms with E-state index in [1.165, 1.54) is 0 Å². The summed E-state index contributed by atoms with van der Waals surface area (Å²) in [5.74, 6) is 1.23. The summed E-state index contributed by atoms with van der Waals surface area (Å²) < 4.78 is 5.61. The highest BCUT2D eigenvalue weighted by atomic mass is 16.5. The number of ether oxygens (including phenoxy) is 1. The third-order valence-electron chi connectivity index (χ3n) is 4.12. The Balaban J connectivity index is 2.07.